The second kappa shape index (κ2) is 4.45. The van der Waals surface area contributed by atoms with Crippen LogP contribution in [0.2, 0.25) is 0 Å². The van der Waals surface area contributed by atoms with Crippen molar-refractivity contribution < 1.29 is 0 Å². The third-order valence-corrected chi connectivity index (χ3v) is 2.55. The first-order valence-corrected chi connectivity index (χ1v) is 5.46. The third-order valence-electron chi connectivity index (χ3n) is 2.55. The Morgan fingerprint density at radius 2 is 2.19 bits per heavy atom. The molecule has 0 saturated carbocycles. The summed E-state index contributed by atoms with van der Waals surface area (Å²) < 4.78 is 2.04. The van der Waals surface area contributed by atoms with Crippen LogP contribution in [0.1, 0.15) is 31.4 Å². The number of imidazole rings is 1. The zero-order valence-corrected chi connectivity index (χ0v) is 9.59. The van der Waals surface area contributed by atoms with E-state index in [4.69, 9.17) is 5.73 Å². The zero-order valence-electron chi connectivity index (χ0n) is 9.59. The number of rotatable bonds is 3. The SMILES string of the molecule is CCc1nccn1-c1ccc([C@@H](C)N)nc1. The van der Waals surface area contributed by atoms with Gasteiger partial charge in [0, 0.05) is 24.9 Å². The predicted molar refractivity (Wildman–Crippen MR) is 63.3 cm³/mol. The van der Waals surface area contributed by atoms with Crippen molar-refractivity contribution in [3.63, 3.8) is 0 Å². The van der Waals surface area contributed by atoms with Gasteiger partial charge in [0.05, 0.1) is 17.6 Å². The van der Waals surface area contributed by atoms with Gasteiger partial charge in [-0.25, -0.2) is 4.98 Å². The standard InChI is InChI=1S/C12H16N4/c1-3-12-14-6-7-16(12)10-4-5-11(9(2)13)15-8-10/h4-9H,3,13H2,1-2H3/t9-/m1/s1. The number of nitrogens with zero attached hydrogens (tertiary/aromatic N) is 3. The second-order valence-corrected chi connectivity index (χ2v) is 3.80. The smallest absolute Gasteiger partial charge is 0.112 e. The number of aryl methyl sites for hydroxylation is 1. The first-order valence-electron chi connectivity index (χ1n) is 5.46. The predicted octanol–water partition coefficient (Wildman–Crippen LogP) is 1.85. The van der Waals surface area contributed by atoms with Gasteiger partial charge in [-0.3, -0.25) is 4.98 Å². The van der Waals surface area contributed by atoms with Gasteiger partial charge in [0.15, 0.2) is 0 Å². The molecular formula is C12H16N4. The van der Waals surface area contributed by atoms with Crippen molar-refractivity contribution in [1.82, 2.24) is 14.5 Å². The molecule has 0 aliphatic carbocycles. The largest absolute Gasteiger partial charge is 0.323 e. The second-order valence-electron chi connectivity index (χ2n) is 3.80. The Labute approximate surface area is 95.1 Å². The van der Waals surface area contributed by atoms with Crippen LogP contribution in [0.15, 0.2) is 30.7 Å². The Bertz CT molecular complexity index is 456. The average Bonchev–Trinajstić information content (AvgIpc) is 2.77. The summed E-state index contributed by atoms with van der Waals surface area (Å²) in [6.45, 7) is 4.01. The average molecular weight is 216 g/mol. The minimum absolute atomic E-state index is 0.0255. The molecule has 84 valence electrons. The highest BCUT2D eigenvalue weighted by atomic mass is 15.1. The molecule has 4 heteroatoms. The quantitative estimate of drug-likeness (QED) is 0.851. The lowest BCUT2D eigenvalue weighted by atomic mass is 10.2. The molecule has 2 rings (SSSR count). The summed E-state index contributed by atoms with van der Waals surface area (Å²) in [6.07, 6.45) is 6.49. The Morgan fingerprint density at radius 3 is 2.75 bits per heavy atom. The molecule has 0 aliphatic heterocycles. The van der Waals surface area contributed by atoms with Gasteiger partial charge in [-0.05, 0) is 19.1 Å². The molecule has 1 atom stereocenters. The number of pyridine rings is 1. The van der Waals surface area contributed by atoms with Gasteiger partial charge in [-0.15, -0.1) is 0 Å². The zero-order chi connectivity index (χ0) is 11.5. The molecular weight excluding hydrogens is 200 g/mol. The van der Waals surface area contributed by atoms with E-state index in [0.717, 1.165) is 23.6 Å². The van der Waals surface area contributed by atoms with E-state index in [-0.39, 0.29) is 6.04 Å². The number of hydrogen-bond acceptors (Lipinski definition) is 3. The fourth-order valence-electron chi connectivity index (χ4n) is 1.64. The lowest BCUT2D eigenvalue weighted by Gasteiger charge is -2.08. The summed E-state index contributed by atoms with van der Waals surface area (Å²) in [5.74, 6) is 1.04. The third kappa shape index (κ3) is 1.97. The van der Waals surface area contributed by atoms with Crippen LogP contribution in [-0.2, 0) is 6.42 Å². The molecule has 0 aromatic carbocycles. The van der Waals surface area contributed by atoms with Gasteiger partial charge in [-0.2, -0.15) is 0 Å². The van der Waals surface area contributed by atoms with Crippen molar-refractivity contribution in [2.24, 2.45) is 5.73 Å². The van der Waals surface area contributed by atoms with Crippen LogP contribution < -0.4 is 5.73 Å². The summed E-state index contributed by atoms with van der Waals surface area (Å²) in [4.78, 5) is 8.62. The van der Waals surface area contributed by atoms with E-state index in [1.807, 2.05) is 36.0 Å². The van der Waals surface area contributed by atoms with Crippen molar-refractivity contribution in [2.45, 2.75) is 26.3 Å². The van der Waals surface area contributed by atoms with Crippen molar-refractivity contribution in [3.8, 4) is 5.69 Å². The normalized spacial score (nSPS) is 12.7. The van der Waals surface area contributed by atoms with Crippen LogP contribution in [0, 0.1) is 0 Å². The minimum Gasteiger partial charge on any atom is -0.323 e. The number of nitrogens with two attached hydrogens (primary N) is 1. The Balaban J connectivity index is 2.35. The van der Waals surface area contributed by atoms with Gasteiger partial charge in [-0.1, -0.05) is 6.92 Å². The van der Waals surface area contributed by atoms with Crippen LogP contribution in [0.25, 0.3) is 5.69 Å². The monoisotopic (exact) mass is 216 g/mol. The van der Waals surface area contributed by atoms with Crippen molar-refractivity contribution >= 4 is 0 Å². The van der Waals surface area contributed by atoms with E-state index in [9.17, 15) is 0 Å². The highest BCUT2D eigenvalue weighted by Gasteiger charge is 2.04. The highest BCUT2D eigenvalue weighted by Crippen LogP contribution is 2.12. The summed E-state index contributed by atoms with van der Waals surface area (Å²) >= 11 is 0. The Kier molecular flexibility index (Phi) is 3.01. The van der Waals surface area contributed by atoms with Gasteiger partial charge in [0.25, 0.3) is 0 Å². The van der Waals surface area contributed by atoms with E-state index < -0.39 is 0 Å². The maximum atomic E-state index is 5.76. The number of aromatic nitrogens is 3. The molecule has 2 aromatic rings. The van der Waals surface area contributed by atoms with E-state index >= 15 is 0 Å². The summed E-state index contributed by atoms with van der Waals surface area (Å²) in [6, 6.07) is 3.95. The molecule has 0 unspecified atom stereocenters. The molecule has 2 N–H and O–H groups in total. The molecule has 0 radical (unpaired) electrons. The van der Waals surface area contributed by atoms with Crippen LogP contribution in [0.4, 0.5) is 0 Å². The molecule has 0 fully saturated rings. The van der Waals surface area contributed by atoms with Crippen molar-refractivity contribution in [2.75, 3.05) is 0 Å². The lowest BCUT2D eigenvalue weighted by molar-refractivity contribution is 0.777. The van der Waals surface area contributed by atoms with E-state index in [2.05, 4.69) is 16.9 Å². The van der Waals surface area contributed by atoms with E-state index in [0.29, 0.717) is 0 Å². The fourth-order valence-corrected chi connectivity index (χ4v) is 1.64. The molecule has 0 spiro atoms. The van der Waals surface area contributed by atoms with Crippen LogP contribution in [0.5, 0.6) is 0 Å². The fraction of sp³-hybridized carbons (Fsp3) is 0.333. The minimum atomic E-state index is -0.0255. The molecule has 16 heavy (non-hydrogen) atoms. The van der Waals surface area contributed by atoms with Crippen molar-refractivity contribution in [3.05, 3.63) is 42.2 Å². The van der Waals surface area contributed by atoms with E-state index in [1.165, 1.54) is 0 Å². The molecule has 4 nitrogen and oxygen atoms in total. The van der Waals surface area contributed by atoms with Gasteiger partial charge in [0.2, 0.25) is 0 Å². The lowest BCUT2D eigenvalue weighted by Crippen LogP contribution is -2.08. The maximum absolute atomic E-state index is 5.76. The van der Waals surface area contributed by atoms with Gasteiger partial charge in [0.1, 0.15) is 5.82 Å². The summed E-state index contributed by atoms with van der Waals surface area (Å²) in [5.41, 5.74) is 7.69. The first kappa shape index (κ1) is 10.8. The molecule has 0 amide bonds. The maximum Gasteiger partial charge on any atom is 0.112 e. The molecule has 0 saturated heterocycles. The van der Waals surface area contributed by atoms with Crippen molar-refractivity contribution in [1.29, 1.82) is 0 Å². The van der Waals surface area contributed by atoms with Gasteiger partial charge >= 0.3 is 0 Å². The Morgan fingerprint density at radius 1 is 1.38 bits per heavy atom. The molecule has 2 aromatic heterocycles. The van der Waals surface area contributed by atoms with Gasteiger partial charge < -0.3 is 10.3 Å². The first-order chi connectivity index (χ1) is 7.72. The van der Waals surface area contributed by atoms with Crippen LogP contribution in [-0.4, -0.2) is 14.5 Å². The Hall–Kier alpha value is -1.68. The summed E-state index contributed by atoms with van der Waals surface area (Å²) in [5, 5.41) is 0. The van der Waals surface area contributed by atoms with Crippen LogP contribution >= 0.6 is 0 Å². The molecule has 0 aliphatic rings. The molecule has 2 heterocycles. The highest BCUT2D eigenvalue weighted by molar-refractivity contribution is 5.31. The summed E-state index contributed by atoms with van der Waals surface area (Å²) in [7, 11) is 0. The van der Waals surface area contributed by atoms with Crippen LogP contribution in [0.3, 0.4) is 0 Å². The number of hydrogen-bond donors (Lipinski definition) is 1. The topological polar surface area (TPSA) is 56.7 Å². The molecule has 0 bridgehead atoms. The van der Waals surface area contributed by atoms with E-state index in [1.54, 1.807) is 6.20 Å².